The molecular weight excluding hydrogens is 815 g/mol. The van der Waals surface area contributed by atoms with Crippen molar-refractivity contribution in [3.05, 3.63) is 170 Å². The van der Waals surface area contributed by atoms with Crippen LogP contribution in [0.15, 0.2) is 143 Å². The van der Waals surface area contributed by atoms with Crippen LogP contribution in [0.3, 0.4) is 0 Å². The highest BCUT2D eigenvalue weighted by atomic mass is 32.2. The number of nitro benzene ring substituents is 2. The Bertz CT molecular complexity index is 2680. The molecule has 0 aliphatic carbocycles. The number of rotatable bonds is 19. The highest BCUT2D eigenvalue weighted by Gasteiger charge is 2.31. The minimum Gasteiger partial charge on any atom is -0.494 e. The first-order chi connectivity index (χ1) is 28.8. The molecule has 17 nitrogen and oxygen atoms in total. The Morgan fingerprint density at radius 3 is 1.97 bits per heavy atom. The molecule has 3 aromatic carbocycles. The fraction of sp³-hybridized carbons (Fsp3) is 0.244. The molecule has 0 aliphatic rings. The van der Waals surface area contributed by atoms with E-state index < -0.39 is 41.3 Å². The fourth-order valence-corrected chi connectivity index (χ4v) is 8.95. The van der Waals surface area contributed by atoms with E-state index in [4.69, 9.17) is 4.74 Å². The van der Waals surface area contributed by atoms with Gasteiger partial charge in [-0.15, -0.1) is 0 Å². The van der Waals surface area contributed by atoms with Gasteiger partial charge in [-0.05, 0) is 91.8 Å². The summed E-state index contributed by atoms with van der Waals surface area (Å²) in [4.78, 5) is 40.2. The zero-order chi connectivity index (χ0) is 43.1. The summed E-state index contributed by atoms with van der Waals surface area (Å²) in [5.41, 5.74) is 1.63. The molecule has 0 bridgehead atoms. The third-order valence-electron chi connectivity index (χ3n) is 9.25. The van der Waals surface area contributed by atoms with Gasteiger partial charge in [0.15, 0.2) is 9.79 Å². The Labute approximate surface area is 346 Å². The summed E-state index contributed by atoms with van der Waals surface area (Å²) >= 11 is 0. The second-order valence-corrected chi connectivity index (χ2v) is 17.0. The normalized spacial score (nSPS) is 11.5. The topological polar surface area (TPSA) is 227 Å². The highest BCUT2D eigenvalue weighted by Crippen LogP contribution is 2.27. The SMILES string of the molecule is Cn1c(=O)ccc2cc(OCCCCCN(CCc3cccnc3)S(=O)(=O)c3ccccc3[N+](=O)[O-])ccc21.O=[N+]([O-])c1ccccc1S(=O)(=O)NCCc1cccnc1. The maximum absolute atomic E-state index is 13.5. The summed E-state index contributed by atoms with van der Waals surface area (Å²) < 4.78 is 62.4. The van der Waals surface area contributed by atoms with E-state index in [9.17, 15) is 41.9 Å². The molecular formula is C41H43N7O10S2. The van der Waals surface area contributed by atoms with E-state index in [1.165, 1.54) is 52.8 Å². The maximum atomic E-state index is 13.5. The van der Waals surface area contributed by atoms with E-state index >= 15 is 0 Å². The molecule has 6 aromatic rings. The first-order valence-corrected chi connectivity index (χ1v) is 21.7. The molecule has 0 saturated carbocycles. The molecule has 0 fully saturated rings. The second-order valence-electron chi connectivity index (χ2n) is 13.3. The van der Waals surface area contributed by atoms with Crippen LogP contribution in [0.5, 0.6) is 5.75 Å². The van der Waals surface area contributed by atoms with E-state index in [-0.39, 0.29) is 35.0 Å². The molecule has 0 unspecified atom stereocenters. The average molecular weight is 858 g/mol. The number of nitrogens with zero attached hydrogens (tertiary/aromatic N) is 6. The molecule has 1 N–H and O–H groups in total. The summed E-state index contributed by atoms with van der Waals surface area (Å²) in [5.74, 6) is 0.693. The van der Waals surface area contributed by atoms with Crippen LogP contribution in [-0.4, -0.2) is 71.8 Å². The van der Waals surface area contributed by atoms with Gasteiger partial charge in [0, 0.05) is 75.1 Å². The van der Waals surface area contributed by atoms with Gasteiger partial charge in [0.2, 0.25) is 20.0 Å². The van der Waals surface area contributed by atoms with Gasteiger partial charge in [-0.1, -0.05) is 36.4 Å². The minimum atomic E-state index is -4.09. The molecule has 3 heterocycles. The number of aryl methyl sites for hydroxylation is 1. The molecule has 0 amide bonds. The van der Waals surface area contributed by atoms with Crippen LogP contribution < -0.4 is 15.0 Å². The van der Waals surface area contributed by atoms with Crippen molar-refractivity contribution in [2.45, 2.75) is 41.9 Å². The number of aromatic nitrogens is 3. The summed E-state index contributed by atoms with van der Waals surface area (Å²) in [6, 6.07) is 26.7. The average Bonchev–Trinajstić information content (AvgIpc) is 3.25. The highest BCUT2D eigenvalue weighted by molar-refractivity contribution is 7.89. The van der Waals surface area contributed by atoms with Gasteiger partial charge < -0.3 is 9.30 Å². The van der Waals surface area contributed by atoms with E-state index in [0.29, 0.717) is 44.5 Å². The number of ether oxygens (including phenoxy) is 1. The van der Waals surface area contributed by atoms with Gasteiger partial charge in [0.1, 0.15) is 5.75 Å². The number of benzene rings is 3. The van der Waals surface area contributed by atoms with Gasteiger partial charge >= 0.3 is 0 Å². The van der Waals surface area contributed by atoms with Gasteiger partial charge in [-0.2, -0.15) is 4.31 Å². The molecule has 314 valence electrons. The van der Waals surface area contributed by atoms with Gasteiger partial charge in [0.25, 0.3) is 16.9 Å². The van der Waals surface area contributed by atoms with E-state index in [0.717, 1.165) is 28.1 Å². The molecule has 19 heteroatoms. The van der Waals surface area contributed by atoms with Crippen LogP contribution in [0.25, 0.3) is 10.9 Å². The van der Waals surface area contributed by atoms with Crippen LogP contribution in [0, 0.1) is 20.2 Å². The first-order valence-electron chi connectivity index (χ1n) is 18.7. The zero-order valence-corrected chi connectivity index (χ0v) is 34.2. The number of fused-ring (bicyclic) bond motifs is 1. The van der Waals surface area contributed by atoms with E-state index in [1.54, 1.807) is 54.6 Å². The number of hydrogen-bond acceptors (Lipinski definition) is 12. The number of sulfonamides is 2. The lowest BCUT2D eigenvalue weighted by molar-refractivity contribution is -0.388. The lowest BCUT2D eigenvalue weighted by atomic mass is 10.2. The lowest BCUT2D eigenvalue weighted by Crippen LogP contribution is -2.34. The molecule has 60 heavy (non-hydrogen) atoms. The predicted octanol–water partition coefficient (Wildman–Crippen LogP) is 5.84. The lowest BCUT2D eigenvalue weighted by Gasteiger charge is -2.22. The van der Waals surface area contributed by atoms with Gasteiger partial charge in [-0.3, -0.25) is 35.0 Å². The second kappa shape index (κ2) is 21.0. The molecule has 0 saturated heterocycles. The fourth-order valence-electron chi connectivity index (χ4n) is 6.12. The quantitative estimate of drug-likeness (QED) is 0.0576. The van der Waals surface area contributed by atoms with Crippen molar-refractivity contribution in [1.82, 2.24) is 23.6 Å². The number of unbranched alkanes of at least 4 members (excludes halogenated alkanes) is 2. The van der Waals surface area contributed by atoms with Crippen molar-refractivity contribution < 1.29 is 31.4 Å². The standard InChI is InChI=1S/C28H30N4O6S.C13H13N3O4S/c1-30-25-13-12-24(20-23(25)11-14-28(30)33)38-19-6-2-5-17-31(18-15-22-8-7-16-29-21-22)39(36,37)27-10-4-3-9-26(27)32(34)35;17-16(18)12-5-1-2-6-13(12)21(19,20)15-9-7-11-4-3-8-14-10-11/h3-4,7-14,16,20-21H,2,5-6,15,17-19H2,1H3;1-6,8,10,15H,7,9H2. The van der Waals surface area contributed by atoms with E-state index in [2.05, 4.69) is 14.7 Å². The first kappa shape index (κ1) is 44.7. The van der Waals surface area contributed by atoms with Gasteiger partial charge in [0.05, 0.1) is 22.0 Å². The summed E-state index contributed by atoms with van der Waals surface area (Å²) in [5, 5.41) is 23.3. The van der Waals surface area contributed by atoms with Crippen molar-refractivity contribution >= 4 is 42.3 Å². The third kappa shape index (κ3) is 12.1. The van der Waals surface area contributed by atoms with Crippen molar-refractivity contribution in [1.29, 1.82) is 0 Å². The van der Waals surface area contributed by atoms with Crippen molar-refractivity contribution in [3.63, 3.8) is 0 Å². The maximum Gasteiger partial charge on any atom is 0.289 e. The Morgan fingerprint density at radius 2 is 1.33 bits per heavy atom. The van der Waals surface area contributed by atoms with Crippen LogP contribution in [0.1, 0.15) is 30.4 Å². The number of pyridine rings is 3. The van der Waals surface area contributed by atoms with Gasteiger partial charge in [-0.25, -0.2) is 21.6 Å². The van der Waals surface area contributed by atoms with Crippen molar-refractivity contribution in [3.8, 4) is 5.75 Å². The Kier molecular flexibility index (Phi) is 15.7. The predicted molar refractivity (Wildman–Crippen MR) is 225 cm³/mol. The van der Waals surface area contributed by atoms with E-state index in [1.807, 2.05) is 30.3 Å². The van der Waals surface area contributed by atoms with Crippen LogP contribution in [0.2, 0.25) is 0 Å². The van der Waals surface area contributed by atoms with Crippen molar-refractivity contribution in [2.24, 2.45) is 7.05 Å². The zero-order valence-electron chi connectivity index (χ0n) is 32.6. The number of nitrogens with one attached hydrogen (secondary N) is 1. The molecule has 6 rings (SSSR count). The van der Waals surface area contributed by atoms with Crippen molar-refractivity contribution in [2.75, 3.05) is 26.2 Å². The molecule has 3 aromatic heterocycles. The summed E-state index contributed by atoms with van der Waals surface area (Å²) in [6.07, 6.45) is 9.45. The minimum absolute atomic E-state index is 0.0745. The Hall–Kier alpha value is -6.41. The number of nitro groups is 2. The smallest absolute Gasteiger partial charge is 0.289 e. The largest absolute Gasteiger partial charge is 0.494 e. The number of para-hydroxylation sites is 2. The number of hydrogen-bond donors (Lipinski definition) is 1. The summed E-state index contributed by atoms with van der Waals surface area (Å²) in [7, 11) is -6.29. The van der Waals surface area contributed by atoms with Crippen LogP contribution >= 0.6 is 0 Å². The van der Waals surface area contributed by atoms with Crippen LogP contribution in [-0.2, 0) is 39.9 Å². The summed E-state index contributed by atoms with van der Waals surface area (Å²) in [6.45, 7) is 0.985. The molecule has 0 radical (unpaired) electrons. The monoisotopic (exact) mass is 857 g/mol. The molecule has 0 spiro atoms. The molecule has 0 atom stereocenters. The van der Waals surface area contributed by atoms with Crippen LogP contribution in [0.4, 0.5) is 11.4 Å². The third-order valence-corrected chi connectivity index (χ3v) is 12.7. The molecule has 0 aliphatic heterocycles. The Morgan fingerprint density at radius 1 is 0.717 bits per heavy atom. The Balaban J connectivity index is 0.000000274.